The van der Waals surface area contributed by atoms with Gasteiger partial charge in [-0.1, -0.05) is 12.6 Å². The molecule has 6 heteroatoms. The number of amides is 2. The molecule has 6 nitrogen and oxygen atoms in total. The highest BCUT2D eigenvalue weighted by Gasteiger charge is 2.26. The summed E-state index contributed by atoms with van der Waals surface area (Å²) in [6, 6.07) is 7.49. The number of nitrogens with zero attached hydrogens (tertiary/aromatic N) is 2. The van der Waals surface area contributed by atoms with Crippen LogP contribution in [0.4, 0.5) is 10.5 Å². The molecule has 1 aromatic carbocycles. The molecular formula is C21H31N3O3. The maximum absolute atomic E-state index is 12.7. The molecular weight excluding hydrogens is 342 g/mol. The number of carbonyl (C=O) groups is 1. The van der Waals surface area contributed by atoms with Crippen molar-refractivity contribution in [1.29, 1.82) is 0 Å². The third-order valence-corrected chi connectivity index (χ3v) is 5.00. The van der Waals surface area contributed by atoms with Gasteiger partial charge in [0.25, 0.3) is 0 Å². The molecule has 2 fully saturated rings. The Labute approximate surface area is 162 Å². The van der Waals surface area contributed by atoms with Crippen molar-refractivity contribution in [3.8, 4) is 5.75 Å². The average Bonchev–Trinajstić information content (AvgIpc) is 2.68. The molecule has 3 rings (SSSR count). The Balaban J connectivity index is 1.51. The molecule has 2 aliphatic heterocycles. The molecule has 0 spiro atoms. The van der Waals surface area contributed by atoms with Crippen LogP contribution in [0.15, 0.2) is 36.4 Å². The van der Waals surface area contributed by atoms with E-state index in [2.05, 4.69) is 16.8 Å². The van der Waals surface area contributed by atoms with Crippen LogP contribution in [0.2, 0.25) is 0 Å². The molecule has 2 saturated heterocycles. The summed E-state index contributed by atoms with van der Waals surface area (Å²) in [5.74, 6) is 1.27. The number of hydrogen-bond acceptors (Lipinski definition) is 4. The van der Waals surface area contributed by atoms with E-state index in [4.69, 9.17) is 9.47 Å². The molecule has 2 heterocycles. The van der Waals surface area contributed by atoms with Gasteiger partial charge in [-0.25, -0.2) is 4.79 Å². The monoisotopic (exact) mass is 373 g/mol. The zero-order chi connectivity index (χ0) is 19.1. The van der Waals surface area contributed by atoms with Crippen molar-refractivity contribution in [3.05, 3.63) is 36.4 Å². The van der Waals surface area contributed by atoms with Crippen molar-refractivity contribution in [2.75, 3.05) is 57.9 Å². The van der Waals surface area contributed by atoms with Gasteiger partial charge in [0, 0.05) is 44.5 Å². The summed E-state index contributed by atoms with van der Waals surface area (Å²) in [5.41, 5.74) is 1.72. The van der Waals surface area contributed by atoms with E-state index in [0.29, 0.717) is 12.5 Å². The highest BCUT2D eigenvalue weighted by Crippen LogP contribution is 2.21. The smallest absolute Gasteiger partial charge is 0.321 e. The van der Waals surface area contributed by atoms with E-state index >= 15 is 0 Å². The second-order valence-corrected chi connectivity index (χ2v) is 7.57. The number of morpholine rings is 1. The lowest BCUT2D eigenvalue weighted by molar-refractivity contribution is 0.0252. The second kappa shape index (κ2) is 9.76. The molecule has 27 heavy (non-hydrogen) atoms. The quantitative estimate of drug-likeness (QED) is 0.778. The minimum Gasteiger partial charge on any atom is -0.489 e. The number of ether oxygens (including phenoxy) is 2. The maximum Gasteiger partial charge on any atom is 0.321 e. The zero-order valence-corrected chi connectivity index (χ0v) is 16.3. The fraction of sp³-hybridized carbons (Fsp3) is 0.571. The van der Waals surface area contributed by atoms with Crippen molar-refractivity contribution >= 4 is 11.7 Å². The maximum atomic E-state index is 12.7. The summed E-state index contributed by atoms with van der Waals surface area (Å²) >= 11 is 0. The average molecular weight is 373 g/mol. The number of piperidine rings is 1. The number of nitrogens with one attached hydrogen (secondary N) is 1. The minimum absolute atomic E-state index is 0.0290. The van der Waals surface area contributed by atoms with Gasteiger partial charge >= 0.3 is 6.03 Å². The van der Waals surface area contributed by atoms with E-state index in [9.17, 15) is 4.79 Å². The standard InChI is InChI=1S/C21H31N3O3/c1-17(2)16-27-20-7-3-6-19(13-20)22-21(25)24-8-4-5-18(15-24)14-23-9-11-26-12-10-23/h3,6-7,13,18H,1,4-5,8-12,14-16H2,2H3,(H,22,25)/t18-/m1/s1. The topological polar surface area (TPSA) is 54.0 Å². The number of benzene rings is 1. The molecule has 0 aliphatic carbocycles. The molecule has 0 aromatic heterocycles. The summed E-state index contributed by atoms with van der Waals surface area (Å²) < 4.78 is 11.1. The van der Waals surface area contributed by atoms with Crippen LogP contribution in [0.1, 0.15) is 19.8 Å². The number of rotatable bonds is 6. The van der Waals surface area contributed by atoms with Gasteiger partial charge in [-0.2, -0.15) is 0 Å². The molecule has 1 aromatic rings. The molecule has 0 unspecified atom stereocenters. The van der Waals surface area contributed by atoms with Gasteiger partial charge < -0.3 is 19.7 Å². The summed E-state index contributed by atoms with van der Waals surface area (Å²) in [6.45, 7) is 12.6. The van der Waals surface area contributed by atoms with Crippen LogP contribution >= 0.6 is 0 Å². The van der Waals surface area contributed by atoms with Gasteiger partial charge in [0.2, 0.25) is 0 Å². The molecule has 148 valence electrons. The first-order valence-electron chi connectivity index (χ1n) is 9.83. The van der Waals surface area contributed by atoms with Crippen molar-refractivity contribution in [3.63, 3.8) is 0 Å². The van der Waals surface area contributed by atoms with Crippen LogP contribution < -0.4 is 10.1 Å². The Bertz CT molecular complexity index is 643. The number of likely N-dealkylation sites (tertiary alicyclic amines) is 1. The van der Waals surface area contributed by atoms with Gasteiger partial charge in [0.05, 0.1) is 13.2 Å². The van der Waals surface area contributed by atoms with Gasteiger partial charge in [0.15, 0.2) is 0 Å². The Morgan fingerprint density at radius 1 is 1.33 bits per heavy atom. The Morgan fingerprint density at radius 2 is 2.15 bits per heavy atom. The van der Waals surface area contributed by atoms with E-state index in [-0.39, 0.29) is 6.03 Å². The predicted molar refractivity (Wildman–Crippen MR) is 107 cm³/mol. The first kappa shape index (κ1) is 19.7. The Hall–Kier alpha value is -2.05. The molecule has 2 amide bonds. The van der Waals surface area contributed by atoms with E-state index in [1.54, 1.807) is 0 Å². The highest BCUT2D eigenvalue weighted by atomic mass is 16.5. The molecule has 1 atom stereocenters. The van der Waals surface area contributed by atoms with Crippen LogP contribution in [0, 0.1) is 5.92 Å². The lowest BCUT2D eigenvalue weighted by Crippen LogP contribution is -2.47. The van der Waals surface area contributed by atoms with Gasteiger partial charge in [-0.3, -0.25) is 4.90 Å². The Kier molecular flexibility index (Phi) is 7.12. The predicted octanol–water partition coefficient (Wildman–Crippen LogP) is 3.22. The summed E-state index contributed by atoms with van der Waals surface area (Å²) in [4.78, 5) is 17.1. The lowest BCUT2D eigenvalue weighted by Gasteiger charge is -2.36. The van der Waals surface area contributed by atoms with Crippen molar-refractivity contribution in [1.82, 2.24) is 9.80 Å². The number of hydrogen-bond donors (Lipinski definition) is 1. The highest BCUT2D eigenvalue weighted by molar-refractivity contribution is 5.89. The SMILES string of the molecule is C=C(C)COc1cccc(NC(=O)N2CCC[C@H](CN3CCOCC3)C2)c1. The normalized spacial score (nSPS) is 20.9. The fourth-order valence-electron chi connectivity index (χ4n) is 3.62. The van der Waals surface area contributed by atoms with Gasteiger partial charge in [-0.05, 0) is 43.4 Å². The summed E-state index contributed by atoms with van der Waals surface area (Å²) in [7, 11) is 0. The number of anilines is 1. The van der Waals surface area contributed by atoms with E-state index < -0.39 is 0 Å². The fourth-order valence-corrected chi connectivity index (χ4v) is 3.62. The first-order chi connectivity index (χ1) is 13.1. The molecule has 0 radical (unpaired) electrons. The van der Waals surface area contributed by atoms with Gasteiger partial charge in [0.1, 0.15) is 12.4 Å². The zero-order valence-electron chi connectivity index (χ0n) is 16.3. The van der Waals surface area contributed by atoms with E-state index in [1.165, 1.54) is 6.42 Å². The van der Waals surface area contributed by atoms with Crippen LogP contribution in [-0.4, -0.2) is 68.4 Å². The third kappa shape index (κ3) is 6.26. The Morgan fingerprint density at radius 3 is 2.93 bits per heavy atom. The minimum atomic E-state index is -0.0290. The molecule has 2 aliphatic rings. The van der Waals surface area contributed by atoms with Gasteiger partial charge in [-0.15, -0.1) is 0 Å². The van der Waals surface area contributed by atoms with Crippen molar-refractivity contribution < 1.29 is 14.3 Å². The first-order valence-corrected chi connectivity index (χ1v) is 9.83. The number of urea groups is 1. The lowest BCUT2D eigenvalue weighted by atomic mass is 9.97. The summed E-state index contributed by atoms with van der Waals surface area (Å²) in [5, 5.41) is 3.01. The van der Waals surface area contributed by atoms with E-state index in [1.807, 2.05) is 36.1 Å². The van der Waals surface area contributed by atoms with Crippen LogP contribution in [0.3, 0.4) is 0 Å². The van der Waals surface area contributed by atoms with Crippen molar-refractivity contribution in [2.45, 2.75) is 19.8 Å². The number of carbonyl (C=O) groups excluding carboxylic acids is 1. The third-order valence-electron chi connectivity index (χ3n) is 5.00. The van der Waals surface area contributed by atoms with Crippen LogP contribution in [-0.2, 0) is 4.74 Å². The largest absolute Gasteiger partial charge is 0.489 e. The molecule has 0 bridgehead atoms. The molecule has 1 N–H and O–H groups in total. The summed E-state index contributed by atoms with van der Waals surface area (Å²) in [6.07, 6.45) is 2.25. The second-order valence-electron chi connectivity index (χ2n) is 7.57. The van der Waals surface area contributed by atoms with E-state index in [0.717, 1.165) is 69.4 Å². The van der Waals surface area contributed by atoms with Crippen LogP contribution in [0.25, 0.3) is 0 Å². The van der Waals surface area contributed by atoms with Crippen molar-refractivity contribution in [2.24, 2.45) is 5.92 Å². The molecule has 0 saturated carbocycles. The van der Waals surface area contributed by atoms with Crippen LogP contribution in [0.5, 0.6) is 5.75 Å².